The van der Waals surface area contributed by atoms with E-state index in [-0.39, 0.29) is 5.91 Å². The van der Waals surface area contributed by atoms with Gasteiger partial charge in [0, 0.05) is 15.7 Å². The Kier molecular flexibility index (Phi) is 2.00. The molecule has 2 heterocycles. The zero-order valence-corrected chi connectivity index (χ0v) is 10.3. The van der Waals surface area contributed by atoms with Crippen molar-refractivity contribution in [1.29, 1.82) is 0 Å². The van der Waals surface area contributed by atoms with E-state index in [1.807, 2.05) is 31.2 Å². The number of ether oxygens (including phenoxy) is 1. The fourth-order valence-electron chi connectivity index (χ4n) is 2.33. The molecule has 1 N–H and O–H groups in total. The normalized spacial score (nSPS) is 27.5. The first-order valence-corrected chi connectivity index (χ1v) is 5.86. The summed E-state index contributed by atoms with van der Waals surface area (Å²) in [6.45, 7) is 2.38. The number of amides is 1. The van der Waals surface area contributed by atoms with Gasteiger partial charge in [0.05, 0.1) is 6.61 Å². The average molecular weight is 280 g/mol. The third kappa shape index (κ3) is 1.03. The highest BCUT2D eigenvalue weighted by atomic mass is 79.9. The van der Waals surface area contributed by atoms with Gasteiger partial charge in [-0.05, 0) is 18.6 Å². The van der Waals surface area contributed by atoms with Gasteiger partial charge in [-0.1, -0.05) is 34.1 Å². The number of anilines is 1. The summed E-state index contributed by atoms with van der Waals surface area (Å²) >= 11 is 3.44. The number of fused-ring (bicyclic) bond motifs is 2. The smallest absolute Gasteiger partial charge is 0.265 e. The van der Waals surface area contributed by atoms with E-state index in [1.165, 1.54) is 0 Å². The van der Waals surface area contributed by atoms with Crippen molar-refractivity contribution in [2.45, 2.75) is 12.5 Å². The maximum absolute atomic E-state index is 12.1. The minimum absolute atomic E-state index is 0.0966. The van der Waals surface area contributed by atoms with Crippen molar-refractivity contribution in [3.63, 3.8) is 0 Å². The highest BCUT2D eigenvalue weighted by Gasteiger charge is 2.52. The number of nitrogens with one attached hydrogen (secondary N) is 1. The van der Waals surface area contributed by atoms with Crippen LogP contribution in [-0.2, 0) is 15.1 Å². The van der Waals surface area contributed by atoms with Gasteiger partial charge in [0.2, 0.25) is 0 Å². The molecule has 1 spiro atoms. The molecular formula is C12H10BrNO2. The van der Waals surface area contributed by atoms with Gasteiger partial charge < -0.3 is 10.1 Å². The van der Waals surface area contributed by atoms with Gasteiger partial charge in [-0.15, -0.1) is 0 Å². The van der Waals surface area contributed by atoms with Crippen molar-refractivity contribution in [2.75, 3.05) is 11.9 Å². The first-order valence-electron chi connectivity index (χ1n) is 5.07. The molecule has 0 bridgehead atoms. The number of halogens is 1. The van der Waals surface area contributed by atoms with Gasteiger partial charge >= 0.3 is 0 Å². The summed E-state index contributed by atoms with van der Waals surface area (Å²) in [4.78, 5) is 12.1. The van der Waals surface area contributed by atoms with Gasteiger partial charge in [-0.2, -0.15) is 0 Å². The van der Waals surface area contributed by atoms with Crippen molar-refractivity contribution < 1.29 is 9.53 Å². The van der Waals surface area contributed by atoms with Crippen LogP contribution in [0.1, 0.15) is 12.5 Å². The molecule has 0 fully saturated rings. The lowest BCUT2D eigenvalue weighted by atomic mass is 9.89. The summed E-state index contributed by atoms with van der Waals surface area (Å²) in [6, 6.07) is 7.65. The summed E-state index contributed by atoms with van der Waals surface area (Å²) in [5.41, 5.74) is 1.78. The topological polar surface area (TPSA) is 38.3 Å². The zero-order chi connectivity index (χ0) is 11.3. The summed E-state index contributed by atoms with van der Waals surface area (Å²) in [7, 11) is 0. The van der Waals surface area contributed by atoms with E-state index in [1.54, 1.807) is 0 Å². The predicted octanol–water partition coefficient (Wildman–Crippen LogP) is 2.53. The average Bonchev–Trinajstić information content (AvgIpc) is 2.74. The molecular weight excluding hydrogens is 270 g/mol. The number of benzene rings is 1. The zero-order valence-electron chi connectivity index (χ0n) is 8.71. The molecule has 0 radical (unpaired) electrons. The molecule has 82 valence electrons. The van der Waals surface area contributed by atoms with Crippen LogP contribution in [-0.4, -0.2) is 12.5 Å². The van der Waals surface area contributed by atoms with E-state index in [2.05, 4.69) is 21.2 Å². The third-order valence-electron chi connectivity index (χ3n) is 3.22. The first-order chi connectivity index (χ1) is 7.66. The molecule has 0 aromatic heterocycles. The van der Waals surface area contributed by atoms with Crippen molar-refractivity contribution in [3.8, 4) is 0 Å². The second-order valence-corrected chi connectivity index (χ2v) is 4.96. The summed E-state index contributed by atoms with van der Waals surface area (Å²) < 4.78 is 6.69. The lowest BCUT2D eigenvalue weighted by molar-refractivity contribution is -0.132. The largest absolute Gasteiger partial charge is 0.351 e. The van der Waals surface area contributed by atoms with E-state index in [0.717, 1.165) is 21.3 Å². The van der Waals surface area contributed by atoms with Crippen LogP contribution in [0.3, 0.4) is 0 Å². The maximum Gasteiger partial charge on any atom is 0.265 e. The molecule has 1 atom stereocenters. The van der Waals surface area contributed by atoms with Crippen LogP contribution in [0.5, 0.6) is 0 Å². The fraction of sp³-hybridized carbons (Fsp3) is 0.250. The quantitative estimate of drug-likeness (QED) is 0.793. The highest BCUT2D eigenvalue weighted by Crippen LogP contribution is 2.49. The van der Waals surface area contributed by atoms with Gasteiger partial charge in [0.15, 0.2) is 5.60 Å². The molecule has 1 unspecified atom stereocenters. The van der Waals surface area contributed by atoms with Crippen LogP contribution in [0.2, 0.25) is 0 Å². The molecule has 3 rings (SSSR count). The Morgan fingerprint density at radius 2 is 2.19 bits per heavy atom. The Bertz CT molecular complexity index is 524. The molecule has 0 saturated carbocycles. The lowest BCUT2D eigenvalue weighted by Gasteiger charge is -2.22. The molecule has 4 heteroatoms. The number of para-hydroxylation sites is 1. The lowest BCUT2D eigenvalue weighted by Crippen LogP contribution is -2.35. The van der Waals surface area contributed by atoms with E-state index >= 15 is 0 Å². The SMILES string of the molecule is CC1=C(Br)COC12C(=O)Nc1ccccc12. The van der Waals surface area contributed by atoms with Crippen LogP contribution in [0, 0.1) is 0 Å². The monoisotopic (exact) mass is 279 g/mol. The van der Waals surface area contributed by atoms with Crippen LogP contribution in [0.4, 0.5) is 5.69 Å². The Morgan fingerprint density at radius 3 is 2.88 bits per heavy atom. The van der Waals surface area contributed by atoms with Crippen LogP contribution >= 0.6 is 15.9 Å². The Labute approximate surface area is 102 Å². The first kappa shape index (κ1) is 10.1. The highest BCUT2D eigenvalue weighted by molar-refractivity contribution is 9.11. The summed E-state index contributed by atoms with van der Waals surface area (Å²) in [5.74, 6) is -0.0966. The molecule has 0 aliphatic carbocycles. The van der Waals surface area contributed by atoms with Gasteiger partial charge in [0.25, 0.3) is 5.91 Å². The molecule has 1 aromatic rings. The minimum atomic E-state index is -0.907. The van der Waals surface area contributed by atoms with Gasteiger partial charge in [0.1, 0.15) is 0 Å². The van der Waals surface area contributed by atoms with E-state index < -0.39 is 5.60 Å². The third-order valence-corrected chi connectivity index (χ3v) is 4.05. The van der Waals surface area contributed by atoms with Crippen molar-refractivity contribution in [2.24, 2.45) is 0 Å². The van der Waals surface area contributed by atoms with Crippen LogP contribution < -0.4 is 5.32 Å². The van der Waals surface area contributed by atoms with E-state index in [0.29, 0.717) is 6.61 Å². The molecule has 1 aromatic carbocycles. The number of carbonyl (C=O) groups is 1. The number of rotatable bonds is 0. The summed E-state index contributed by atoms with van der Waals surface area (Å²) in [5, 5.41) is 2.86. The summed E-state index contributed by atoms with van der Waals surface area (Å²) in [6.07, 6.45) is 0. The predicted molar refractivity (Wildman–Crippen MR) is 64.3 cm³/mol. The van der Waals surface area contributed by atoms with Crippen LogP contribution in [0.15, 0.2) is 34.3 Å². The van der Waals surface area contributed by atoms with E-state index in [4.69, 9.17) is 4.74 Å². The van der Waals surface area contributed by atoms with Crippen molar-refractivity contribution >= 4 is 27.5 Å². The Hall–Kier alpha value is -1.13. The Morgan fingerprint density at radius 1 is 1.44 bits per heavy atom. The molecule has 16 heavy (non-hydrogen) atoms. The fourth-order valence-corrected chi connectivity index (χ4v) is 2.72. The second-order valence-electron chi connectivity index (χ2n) is 4.00. The van der Waals surface area contributed by atoms with Crippen LogP contribution in [0.25, 0.3) is 0 Å². The van der Waals surface area contributed by atoms with Crippen molar-refractivity contribution in [3.05, 3.63) is 39.9 Å². The van der Waals surface area contributed by atoms with Gasteiger partial charge in [-0.25, -0.2) is 0 Å². The molecule has 2 aliphatic heterocycles. The van der Waals surface area contributed by atoms with Gasteiger partial charge in [-0.3, -0.25) is 4.79 Å². The molecule has 3 nitrogen and oxygen atoms in total. The number of hydrogen-bond acceptors (Lipinski definition) is 2. The minimum Gasteiger partial charge on any atom is -0.351 e. The van der Waals surface area contributed by atoms with E-state index in [9.17, 15) is 4.79 Å². The maximum atomic E-state index is 12.1. The second kappa shape index (κ2) is 3.18. The molecule has 1 amide bonds. The molecule has 2 aliphatic rings. The molecule has 0 saturated heterocycles. The Balaban J connectivity index is 2.27. The standard InChI is InChI=1S/C12H10BrNO2/c1-7-9(13)6-16-12(7)8-4-2-3-5-10(8)14-11(12)15/h2-5H,6H2,1H3,(H,14,15). The van der Waals surface area contributed by atoms with Crippen molar-refractivity contribution in [1.82, 2.24) is 0 Å². The number of hydrogen-bond donors (Lipinski definition) is 1. The number of carbonyl (C=O) groups excluding carboxylic acids is 1.